The second-order valence-electron chi connectivity index (χ2n) is 5.01. The summed E-state index contributed by atoms with van der Waals surface area (Å²) in [6, 6.07) is 0. The third-order valence-corrected chi connectivity index (χ3v) is 2.66. The molecule has 21 heavy (non-hydrogen) atoms. The summed E-state index contributed by atoms with van der Waals surface area (Å²) in [5, 5.41) is 0. The predicted molar refractivity (Wildman–Crippen MR) is 49.2 cm³/mol. The molecule has 0 N–H and O–H groups in total. The first-order valence-electron chi connectivity index (χ1n) is 5.31. The molecule has 0 saturated carbocycles. The second kappa shape index (κ2) is 5.78. The largest absolute Gasteiger partial charge is 0.359 e. The molecule has 128 valence electrons. The Kier molecular flexibility index (Phi) is 5.57. The minimum atomic E-state index is -5.58. The first kappa shape index (κ1) is 20.2. The maximum Gasteiger partial charge on any atom is 0.359 e. The Morgan fingerprint density at radius 3 is 0.619 bits per heavy atom. The second-order valence-corrected chi connectivity index (χ2v) is 5.01. The fourth-order valence-corrected chi connectivity index (χ4v) is 2.40. The Labute approximate surface area is 110 Å². The summed E-state index contributed by atoms with van der Waals surface area (Å²) in [6.45, 7) is 0. The molecule has 0 radical (unpaired) electrons. The van der Waals surface area contributed by atoms with Crippen LogP contribution in [-0.4, -0.2) is 30.9 Å². The van der Waals surface area contributed by atoms with E-state index in [9.17, 15) is 52.7 Å². The van der Waals surface area contributed by atoms with E-state index in [1.165, 1.54) is 0 Å². The topological polar surface area (TPSA) is 0 Å². The highest BCUT2D eigenvalue weighted by atomic mass is 19.4. The monoisotopic (exact) mass is 343 g/mol. The van der Waals surface area contributed by atoms with Crippen molar-refractivity contribution in [3.05, 3.63) is 0 Å². The normalized spacial score (nSPS) is 15.4. The van der Waals surface area contributed by atoms with Gasteiger partial charge in [-0.05, 0) is 0 Å². The van der Waals surface area contributed by atoms with Crippen LogP contribution in [0, 0.1) is 0 Å². The van der Waals surface area contributed by atoms with Gasteiger partial charge in [-0.1, -0.05) is 25.3 Å². The highest BCUT2D eigenvalue weighted by molar-refractivity contribution is 6.80. The standard InChI is InChI=1S/C8H8BF12/c10-5(11,12)1-9(2-6(13,14)15,3-7(16,17)18)4-8(19,20)21/h1-4H2/q-1. The van der Waals surface area contributed by atoms with Crippen LogP contribution in [-0.2, 0) is 0 Å². The lowest BCUT2D eigenvalue weighted by Gasteiger charge is -2.41. The van der Waals surface area contributed by atoms with Gasteiger partial charge in [-0.15, -0.1) is 0 Å². The Morgan fingerprint density at radius 2 is 0.524 bits per heavy atom. The molecule has 0 rings (SSSR count). The lowest BCUT2D eigenvalue weighted by molar-refractivity contribution is -0.134. The van der Waals surface area contributed by atoms with Crippen LogP contribution in [0.25, 0.3) is 0 Å². The zero-order valence-corrected chi connectivity index (χ0v) is 9.94. The van der Waals surface area contributed by atoms with E-state index in [0.717, 1.165) is 0 Å². The average molecular weight is 343 g/mol. The molecular weight excluding hydrogens is 335 g/mol. The fourth-order valence-electron chi connectivity index (χ4n) is 2.40. The maximum absolute atomic E-state index is 12.2. The van der Waals surface area contributed by atoms with Crippen LogP contribution >= 0.6 is 0 Å². The summed E-state index contributed by atoms with van der Waals surface area (Å²) < 4.78 is 146. The van der Waals surface area contributed by atoms with Crippen LogP contribution in [0.4, 0.5) is 52.7 Å². The molecule has 0 unspecified atom stereocenters. The zero-order valence-electron chi connectivity index (χ0n) is 9.94. The van der Waals surface area contributed by atoms with Gasteiger partial charge in [0.1, 0.15) is 0 Å². The molecule has 13 heteroatoms. The van der Waals surface area contributed by atoms with Gasteiger partial charge in [0.25, 0.3) is 0 Å². The molecule has 0 aromatic rings. The smallest absolute Gasteiger partial charge is 0.175 e. The molecular formula is C8H8BF12-. The van der Waals surface area contributed by atoms with Gasteiger partial charge in [-0.2, -0.15) is 52.7 Å². The van der Waals surface area contributed by atoms with Crippen LogP contribution in [0.3, 0.4) is 0 Å². The van der Waals surface area contributed by atoms with Crippen LogP contribution in [0.15, 0.2) is 0 Å². The third-order valence-electron chi connectivity index (χ3n) is 2.66. The van der Waals surface area contributed by atoms with Crippen molar-refractivity contribution in [2.75, 3.05) is 0 Å². The minimum Gasteiger partial charge on any atom is -0.175 e. The van der Waals surface area contributed by atoms with Gasteiger partial charge < -0.3 is 0 Å². The molecule has 0 bridgehead atoms. The Morgan fingerprint density at radius 1 is 0.381 bits per heavy atom. The van der Waals surface area contributed by atoms with Crippen molar-refractivity contribution in [1.29, 1.82) is 0 Å². The summed E-state index contributed by atoms with van der Waals surface area (Å²) in [5.41, 5.74) is 0. The van der Waals surface area contributed by atoms with Gasteiger partial charge in [-0.3, -0.25) is 0 Å². The number of hydrogen-bond acceptors (Lipinski definition) is 0. The first-order valence-corrected chi connectivity index (χ1v) is 5.31. The molecule has 0 nitrogen and oxygen atoms in total. The van der Waals surface area contributed by atoms with Crippen LogP contribution in [0.5, 0.6) is 0 Å². The lowest BCUT2D eigenvalue weighted by atomic mass is 9.18. The first-order chi connectivity index (χ1) is 8.83. The van der Waals surface area contributed by atoms with Gasteiger partial charge in [0.05, 0.1) is 0 Å². The summed E-state index contributed by atoms with van der Waals surface area (Å²) in [6.07, 6.45) is -38.3. The Balaban J connectivity index is 5.70. The van der Waals surface area contributed by atoms with E-state index < -0.39 is 56.1 Å². The molecule has 0 atom stereocenters. The van der Waals surface area contributed by atoms with Crippen LogP contribution in [0.2, 0.25) is 25.3 Å². The quantitative estimate of drug-likeness (QED) is 0.455. The van der Waals surface area contributed by atoms with Gasteiger partial charge in [0, 0.05) is 6.15 Å². The van der Waals surface area contributed by atoms with Crippen LogP contribution in [0.1, 0.15) is 0 Å². The van der Waals surface area contributed by atoms with Gasteiger partial charge >= 0.3 is 24.7 Å². The highest BCUT2D eigenvalue weighted by Crippen LogP contribution is 2.47. The van der Waals surface area contributed by atoms with E-state index in [1.54, 1.807) is 0 Å². The predicted octanol–water partition coefficient (Wildman–Crippen LogP) is 5.68. The number of hydrogen-bond donors (Lipinski definition) is 0. The summed E-state index contributed by atoms with van der Waals surface area (Å²) in [7, 11) is 0. The molecule has 0 heterocycles. The number of halogens is 12. The van der Waals surface area contributed by atoms with E-state index in [2.05, 4.69) is 0 Å². The van der Waals surface area contributed by atoms with Crippen LogP contribution < -0.4 is 0 Å². The van der Waals surface area contributed by atoms with Crippen molar-refractivity contribution in [2.45, 2.75) is 50.0 Å². The molecule has 0 aromatic carbocycles. The number of alkyl halides is 12. The average Bonchev–Trinajstić information content (AvgIpc) is 1.83. The molecule has 0 saturated heterocycles. The molecule has 0 aliphatic heterocycles. The van der Waals surface area contributed by atoms with E-state index in [0.29, 0.717) is 0 Å². The van der Waals surface area contributed by atoms with Crippen molar-refractivity contribution >= 4 is 6.15 Å². The summed E-state index contributed by atoms with van der Waals surface area (Å²) in [5.74, 6) is 0. The maximum atomic E-state index is 12.2. The Hall–Kier alpha value is -0.775. The molecule has 0 aromatic heterocycles. The van der Waals surface area contributed by atoms with Crippen molar-refractivity contribution < 1.29 is 52.7 Å². The molecule has 0 aliphatic carbocycles. The molecule has 0 aliphatic rings. The Bertz CT molecular complexity index is 262. The SMILES string of the molecule is FC(F)(F)C[B-](CC(F)(F)F)(CC(F)(F)F)CC(F)(F)F. The van der Waals surface area contributed by atoms with E-state index in [-0.39, 0.29) is 0 Å². The van der Waals surface area contributed by atoms with E-state index >= 15 is 0 Å². The molecule has 0 fully saturated rings. The van der Waals surface area contributed by atoms with E-state index in [4.69, 9.17) is 0 Å². The lowest BCUT2D eigenvalue weighted by Crippen LogP contribution is -2.48. The molecule has 0 amide bonds. The van der Waals surface area contributed by atoms with Crippen molar-refractivity contribution in [3.8, 4) is 0 Å². The summed E-state index contributed by atoms with van der Waals surface area (Å²) in [4.78, 5) is 0. The fraction of sp³-hybridized carbons (Fsp3) is 1.00. The summed E-state index contributed by atoms with van der Waals surface area (Å²) >= 11 is 0. The van der Waals surface area contributed by atoms with Crippen molar-refractivity contribution in [3.63, 3.8) is 0 Å². The minimum absolute atomic E-state index is 2.77. The number of rotatable bonds is 4. The van der Waals surface area contributed by atoms with Gasteiger partial charge in [0.2, 0.25) is 0 Å². The molecule has 0 spiro atoms. The van der Waals surface area contributed by atoms with Crippen molar-refractivity contribution in [2.24, 2.45) is 0 Å². The zero-order chi connectivity index (χ0) is 17.3. The third kappa shape index (κ3) is 10.6. The van der Waals surface area contributed by atoms with Crippen molar-refractivity contribution in [1.82, 2.24) is 0 Å². The van der Waals surface area contributed by atoms with E-state index in [1.807, 2.05) is 0 Å². The highest BCUT2D eigenvalue weighted by Gasteiger charge is 2.52. The van der Waals surface area contributed by atoms with Gasteiger partial charge in [0.15, 0.2) is 0 Å². The van der Waals surface area contributed by atoms with Gasteiger partial charge in [-0.25, -0.2) is 0 Å².